The number of likely N-dealkylation sites (N-methyl/N-ethyl adjacent to an activating group) is 2. The second kappa shape index (κ2) is 7.15. The molecule has 0 spiro atoms. The zero-order valence-electron chi connectivity index (χ0n) is 10.8. The summed E-state index contributed by atoms with van der Waals surface area (Å²) < 4.78 is 0. The van der Waals surface area contributed by atoms with Gasteiger partial charge in [-0.15, -0.1) is 0 Å². The molecule has 0 saturated carbocycles. The molecular weight excluding hydrogens is 231 g/mol. The Bertz CT molecular complexity index is 399. The number of carbonyl (C=O) groups is 1. The van der Waals surface area contributed by atoms with Crippen molar-refractivity contribution in [1.29, 1.82) is 0 Å². The van der Waals surface area contributed by atoms with Crippen molar-refractivity contribution in [2.45, 2.75) is 6.92 Å². The molecule has 0 aliphatic heterocycles. The minimum absolute atomic E-state index is 0.129. The summed E-state index contributed by atoms with van der Waals surface area (Å²) in [6, 6.07) is 6.37. The van der Waals surface area contributed by atoms with Gasteiger partial charge in [-0.1, -0.05) is 19.1 Å². The molecule has 0 fully saturated rings. The lowest BCUT2D eigenvalue weighted by Gasteiger charge is -2.17. The third-order valence-corrected chi connectivity index (χ3v) is 2.65. The molecule has 0 aromatic heterocycles. The molecule has 18 heavy (non-hydrogen) atoms. The van der Waals surface area contributed by atoms with Crippen molar-refractivity contribution in [2.75, 3.05) is 26.7 Å². The fourth-order valence-electron chi connectivity index (χ4n) is 1.58. The van der Waals surface area contributed by atoms with E-state index in [0.29, 0.717) is 17.6 Å². The molecule has 0 atom stereocenters. The van der Waals surface area contributed by atoms with Gasteiger partial charge in [0.05, 0.1) is 0 Å². The van der Waals surface area contributed by atoms with E-state index in [1.165, 1.54) is 6.07 Å². The fraction of sp³-hybridized carbons (Fsp3) is 0.417. The number of nitrogens with one attached hydrogen (secondary N) is 1. The van der Waals surface area contributed by atoms with Crippen LogP contribution in [-0.2, 0) is 0 Å². The highest BCUT2D eigenvalue weighted by atomic mass is 16.4. The second-order valence-corrected chi connectivity index (χ2v) is 4.08. The molecule has 0 aliphatic carbocycles. The molecule has 1 aromatic carbocycles. The minimum atomic E-state index is -1.55. The molecule has 1 aromatic rings. The van der Waals surface area contributed by atoms with Gasteiger partial charge in [0.2, 0.25) is 0 Å². The Morgan fingerprint density at radius 1 is 1.44 bits per heavy atom. The van der Waals surface area contributed by atoms with Gasteiger partial charge in [0.1, 0.15) is 0 Å². The number of carbonyl (C=O) groups excluding carboxylic acids is 1. The predicted octanol–water partition coefficient (Wildman–Crippen LogP) is -0.952. The van der Waals surface area contributed by atoms with E-state index < -0.39 is 7.12 Å². The van der Waals surface area contributed by atoms with Crippen LogP contribution < -0.4 is 10.8 Å². The number of nitrogens with zero attached hydrogens (tertiary/aromatic N) is 1. The van der Waals surface area contributed by atoms with Crippen LogP contribution in [0.25, 0.3) is 0 Å². The molecule has 3 N–H and O–H groups in total. The van der Waals surface area contributed by atoms with Crippen molar-refractivity contribution in [2.24, 2.45) is 0 Å². The van der Waals surface area contributed by atoms with Gasteiger partial charge >= 0.3 is 7.12 Å². The van der Waals surface area contributed by atoms with Crippen LogP contribution in [0.1, 0.15) is 17.3 Å². The van der Waals surface area contributed by atoms with Crippen LogP contribution in [0.3, 0.4) is 0 Å². The number of rotatable bonds is 6. The van der Waals surface area contributed by atoms with Crippen LogP contribution in [-0.4, -0.2) is 54.7 Å². The molecule has 0 unspecified atom stereocenters. The first-order chi connectivity index (χ1) is 8.56. The maximum absolute atomic E-state index is 12.0. The van der Waals surface area contributed by atoms with Gasteiger partial charge in [0.15, 0.2) is 0 Å². The largest absolute Gasteiger partial charge is 0.488 e. The fourth-order valence-corrected chi connectivity index (χ4v) is 1.58. The van der Waals surface area contributed by atoms with Crippen molar-refractivity contribution < 1.29 is 14.8 Å². The Kier molecular flexibility index (Phi) is 5.84. The Morgan fingerprint density at radius 2 is 2.17 bits per heavy atom. The van der Waals surface area contributed by atoms with E-state index in [2.05, 4.69) is 5.32 Å². The highest BCUT2D eigenvalue weighted by molar-refractivity contribution is 6.58. The van der Waals surface area contributed by atoms with Crippen molar-refractivity contribution in [3.63, 3.8) is 0 Å². The predicted molar refractivity (Wildman–Crippen MR) is 71.8 cm³/mol. The molecule has 98 valence electrons. The van der Waals surface area contributed by atoms with E-state index in [4.69, 9.17) is 10.0 Å². The Labute approximate surface area is 108 Å². The molecule has 0 radical (unpaired) electrons. The molecule has 5 nitrogen and oxygen atoms in total. The molecule has 0 saturated heterocycles. The summed E-state index contributed by atoms with van der Waals surface area (Å²) in [7, 11) is 0.173. The van der Waals surface area contributed by atoms with Gasteiger partial charge in [-0.05, 0) is 24.1 Å². The first-order valence-corrected chi connectivity index (χ1v) is 5.98. The summed E-state index contributed by atoms with van der Waals surface area (Å²) in [6.07, 6.45) is 0. The number of hydrogen-bond donors (Lipinski definition) is 3. The van der Waals surface area contributed by atoms with E-state index in [9.17, 15) is 4.79 Å². The van der Waals surface area contributed by atoms with Gasteiger partial charge in [-0.3, -0.25) is 4.79 Å². The normalized spacial score (nSPS) is 10.2. The quantitative estimate of drug-likeness (QED) is 0.449. The number of hydrogen-bond acceptors (Lipinski definition) is 4. The van der Waals surface area contributed by atoms with Crippen LogP contribution in [0.4, 0.5) is 0 Å². The van der Waals surface area contributed by atoms with E-state index >= 15 is 0 Å². The Balaban J connectivity index is 2.68. The Morgan fingerprint density at radius 3 is 2.78 bits per heavy atom. The molecule has 6 heteroatoms. The van der Waals surface area contributed by atoms with Crippen molar-refractivity contribution in [3.05, 3.63) is 29.8 Å². The van der Waals surface area contributed by atoms with Gasteiger partial charge in [-0.25, -0.2) is 0 Å². The lowest BCUT2D eigenvalue weighted by Crippen LogP contribution is -2.35. The third-order valence-electron chi connectivity index (χ3n) is 2.65. The standard InChI is InChI=1S/C12H19BN2O3/c1-3-14-7-8-15(2)12(16)10-5-4-6-11(9-10)13(17)18/h4-6,9,14,17-18H,3,7-8H2,1-2H3. The minimum Gasteiger partial charge on any atom is -0.423 e. The van der Waals surface area contributed by atoms with Gasteiger partial charge in [0, 0.05) is 25.7 Å². The van der Waals surface area contributed by atoms with Gasteiger partial charge < -0.3 is 20.3 Å². The van der Waals surface area contributed by atoms with E-state index in [0.717, 1.165) is 13.1 Å². The highest BCUT2D eigenvalue weighted by Crippen LogP contribution is 2.01. The van der Waals surface area contributed by atoms with Crippen molar-refractivity contribution in [3.8, 4) is 0 Å². The second-order valence-electron chi connectivity index (χ2n) is 4.08. The van der Waals surface area contributed by atoms with Crippen molar-refractivity contribution in [1.82, 2.24) is 10.2 Å². The average Bonchev–Trinajstić information content (AvgIpc) is 2.38. The molecule has 0 bridgehead atoms. The zero-order chi connectivity index (χ0) is 13.5. The maximum atomic E-state index is 12.0. The lowest BCUT2D eigenvalue weighted by molar-refractivity contribution is 0.0796. The van der Waals surface area contributed by atoms with Crippen molar-refractivity contribution >= 4 is 18.5 Å². The lowest BCUT2D eigenvalue weighted by atomic mass is 9.79. The van der Waals surface area contributed by atoms with Crippen LogP contribution in [0.5, 0.6) is 0 Å². The van der Waals surface area contributed by atoms with E-state index in [1.54, 1.807) is 30.1 Å². The average molecular weight is 250 g/mol. The molecule has 0 heterocycles. The SMILES string of the molecule is CCNCCN(C)C(=O)c1cccc(B(O)O)c1. The summed E-state index contributed by atoms with van der Waals surface area (Å²) in [5.74, 6) is -0.129. The van der Waals surface area contributed by atoms with Crippen LogP contribution in [0.15, 0.2) is 24.3 Å². The van der Waals surface area contributed by atoms with Crippen LogP contribution in [0, 0.1) is 0 Å². The van der Waals surface area contributed by atoms with Crippen LogP contribution in [0.2, 0.25) is 0 Å². The summed E-state index contributed by atoms with van der Waals surface area (Å²) in [6.45, 7) is 4.22. The molecule has 1 rings (SSSR count). The van der Waals surface area contributed by atoms with Gasteiger partial charge in [-0.2, -0.15) is 0 Å². The molecular formula is C12H19BN2O3. The topological polar surface area (TPSA) is 72.8 Å². The first kappa shape index (κ1) is 14.7. The number of amides is 1. The first-order valence-electron chi connectivity index (χ1n) is 5.98. The van der Waals surface area contributed by atoms with Gasteiger partial charge in [0.25, 0.3) is 5.91 Å². The molecule has 1 amide bonds. The monoisotopic (exact) mass is 250 g/mol. The summed E-state index contributed by atoms with van der Waals surface area (Å²) >= 11 is 0. The molecule has 0 aliphatic rings. The maximum Gasteiger partial charge on any atom is 0.488 e. The highest BCUT2D eigenvalue weighted by Gasteiger charge is 2.15. The van der Waals surface area contributed by atoms with Crippen LogP contribution >= 0.6 is 0 Å². The van der Waals surface area contributed by atoms with E-state index in [1.807, 2.05) is 6.92 Å². The number of benzene rings is 1. The smallest absolute Gasteiger partial charge is 0.423 e. The summed E-state index contributed by atoms with van der Waals surface area (Å²) in [5.41, 5.74) is 0.778. The summed E-state index contributed by atoms with van der Waals surface area (Å²) in [5, 5.41) is 21.3. The Hall–Kier alpha value is -1.37. The third kappa shape index (κ3) is 4.14. The zero-order valence-corrected chi connectivity index (χ0v) is 10.8. The van der Waals surface area contributed by atoms with E-state index in [-0.39, 0.29) is 5.91 Å². The summed E-state index contributed by atoms with van der Waals surface area (Å²) in [4.78, 5) is 13.7.